The fraction of sp³-hybridized carbons (Fsp3) is 0.643. The van der Waals surface area contributed by atoms with E-state index in [1.54, 1.807) is 11.3 Å². The van der Waals surface area contributed by atoms with Gasteiger partial charge in [-0.3, -0.25) is 4.79 Å². The maximum atomic E-state index is 12.5. The number of rotatable bonds is 5. The van der Waals surface area contributed by atoms with Gasteiger partial charge >= 0.3 is 0 Å². The van der Waals surface area contributed by atoms with Gasteiger partial charge < -0.3 is 10.0 Å². The maximum absolute atomic E-state index is 12.5. The lowest BCUT2D eigenvalue weighted by Crippen LogP contribution is -2.37. The minimum Gasteiger partial charge on any atom is -0.396 e. The second kappa shape index (κ2) is 5.85. The molecule has 1 amide bonds. The SMILES string of the molecule is CC(C)N(CCCO)C(=O)c1cc2c(s1)CCC2. The van der Waals surface area contributed by atoms with Crippen LogP contribution in [0.2, 0.25) is 0 Å². The summed E-state index contributed by atoms with van der Waals surface area (Å²) >= 11 is 1.66. The highest BCUT2D eigenvalue weighted by molar-refractivity contribution is 7.14. The Morgan fingerprint density at radius 2 is 2.28 bits per heavy atom. The molecule has 1 N–H and O–H groups in total. The molecule has 3 nitrogen and oxygen atoms in total. The van der Waals surface area contributed by atoms with E-state index in [-0.39, 0.29) is 18.6 Å². The van der Waals surface area contributed by atoms with Crippen LogP contribution in [0.4, 0.5) is 0 Å². The lowest BCUT2D eigenvalue weighted by atomic mass is 10.2. The molecule has 0 atom stereocenters. The maximum Gasteiger partial charge on any atom is 0.264 e. The van der Waals surface area contributed by atoms with Crippen LogP contribution in [0.5, 0.6) is 0 Å². The van der Waals surface area contributed by atoms with E-state index in [0.29, 0.717) is 13.0 Å². The van der Waals surface area contributed by atoms with E-state index in [1.807, 2.05) is 18.7 Å². The summed E-state index contributed by atoms with van der Waals surface area (Å²) in [6.45, 7) is 4.82. The second-order valence-corrected chi connectivity index (χ2v) is 6.22. The number of hydrogen-bond donors (Lipinski definition) is 1. The van der Waals surface area contributed by atoms with E-state index in [4.69, 9.17) is 5.11 Å². The van der Waals surface area contributed by atoms with Crippen LogP contribution in [0.1, 0.15) is 46.8 Å². The molecule has 0 fully saturated rings. The molecular formula is C14H21NO2S. The van der Waals surface area contributed by atoms with Crippen molar-refractivity contribution in [2.24, 2.45) is 0 Å². The number of carbonyl (C=O) groups is 1. The van der Waals surface area contributed by atoms with Gasteiger partial charge in [0.25, 0.3) is 5.91 Å². The predicted octanol–water partition coefficient (Wildman–Crippen LogP) is 2.47. The van der Waals surface area contributed by atoms with Crippen LogP contribution in [0, 0.1) is 0 Å². The zero-order chi connectivity index (χ0) is 13.1. The molecule has 0 saturated heterocycles. The molecule has 0 radical (unpaired) electrons. The zero-order valence-electron chi connectivity index (χ0n) is 11.1. The van der Waals surface area contributed by atoms with Gasteiger partial charge in [-0.2, -0.15) is 0 Å². The van der Waals surface area contributed by atoms with Crippen molar-refractivity contribution in [2.45, 2.75) is 45.6 Å². The molecule has 1 aliphatic carbocycles. The van der Waals surface area contributed by atoms with Crippen LogP contribution in [-0.2, 0) is 12.8 Å². The van der Waals surface area contributed by atoms with Gasteiger partial charge in [-0.25, -0.2) is 0 Å². The Morgan fingerprint density at radius 1 is 1.50 bits per heavy atom. The Kier molecular flexibility index (Phi) is 4.40. The molecule has 18 heavy (non-hydrogen) atoms. The zero-order valence-corrected chi connectivity index (χ0v) is 11.9. The molecule has 0 unspecified atom stereocenters. The Hall–Kier alpha value is -0.870. The topological polar surface area (TPSA) is 40.5 Å². The fourth-order valence-electron chi connectivity index (χ4n) is 2.41. The van der Waals surface area contributed by atoms with Crippen molar-refractivity contribution in [2.75, 3.05) is 13.2 Å². The highest BCUT2D eigenvalue weighted by Gasteiger charge is 2.23. The Labute approximate surface area is 112 Å². The van der Waals surface area contributed by atoms with Gasteiger partial charge in [0.1, 0.15) is 0 Å². The Balaban J connectivity index is 2.11. The second-order valence-electron chi connectivity index (χ2n) is 5.08. The van der Waals surface area contributed by atoms with Crippen LogP contribution in [0.25, 0.3) is 0 Å². The number of aryl methyl sites for hydroxylation is 2. The summed E-state index contributed by atoms with van der Waals surface area (Å²) in [5.74, 6) is 0.123. The first-order valence-electron chi connectivity index (χ1n) is 6.67. The number of hydrogen-bond acceptors (Lipinski definition) is 3. The molecule has 0 aromatic carbocycles. The van der Waals surface area contributed by atoms with E-state index < -0.39 is 0 Å². The van der Waals surface area contributed by atoms with Crippen molar-refractivity contribution in [3.8, 4) is 0 Å². The lowest BCUT2D eigenvalue weighted by molar-refractivity contribution is 0.0698. The summed E-state index contributed by atoms with van der Waals surface area (Å²) in [5.41, 5.74) is 1.37. The number of fused-ring (bicyclic) bond motifs is 1. The minimum atomic E-state index is 0.123. The summed E-state index contributed by atoms with van der Waals surface area (Å²) < 4.78 is 0. The third-order valence-electron chi connectivity index (χ3n) is 3.40. The summed E-state index contributed by atoms with van der Waals surface area (Å²) in [6, 6.07) is 2.25. The molecule has 0 spiro atoms. The van der Waals surface area contributed by atoms with Gasteiger partial charge in [-0.05, 0) is 51.2 Å². The molecule has 1 aromatic rings. The van der Waals surface area contributed by atoms with Crippen molar-refractivity contribution in [3.05, 3.63) is 21.4 Å². The van der Waals surface area contributed by atoms with Gasteiger partial charge in [0.15, 0.2) is 0 Å². The fourth-order valence-corrected chi connectivity index (χ4v) is 3.62. The molecule has 2 rings (SSSR count). The number of nitrogens with zero attached hydrogens (tertiary/aromatic N) is 1. The number of aliphatic hydroxyl groups excluding tert-OH is 1. The van der Waals surface area contributed by atoms with Gasteiger partial charge in [-0.1, -0.05) is 0 Å². The first kappa shape index (κ1) is 13.6. The van der Waals surface area contributed by atoms with Crippen molar-refractivity contribution in [1.29, 1.82) is 0 Å². The summed E-state index contributed by atoms with van der Waals surface area (Å²) in [7, 11) is 0. The number of thiophene rings is 1. The quantitative estimate of drug-likeness (QED) is 0.890. The molecule has 0 bridgehead atoms. The predicted molar refractivity (Wildman–Crippen MR) is 74.2 cm³/mol. The monoisotopic (exact) mass is 267 g/mol. The summed E-state index contributed by atoms with van der Waals surface area (Å²) in [5, 5.41) is 8.91. The third-order valence-corrected chi connectivity index (χ3v) is 4.62. The smallest absolute Gasteiger partial charge is 0.264 e. The average molecular weight is 267 g/mol. The number of carbonyl (C=O) groups excluding carboxylic acids is 1. The Morgan fingerprint density at radius 3 is 2.89 bits per heavy atom. The summed E-state index contributed by atoms with van der Waals surface area (Å²) in [6.07, 6.45) is 4.13. The molecule has 1 aromatic heterocycles. The molecule has 0 saturated carbocycles. The van der Waals surface area contributed by atoms with Crippen molar-refractivity contribution < 1.29 is 9.90 Å². The Bertz CT molecular complexity index is 404. The largest absolute Gasteiger partial charge is 0.396 e. The van der Waals surface area contributed by atoms with Gasteiger partial charge in [0, 0.05) is 24.1 Å². The molecule has 0 aliphatic heterocycles. The molecule has 1 aliphatic rings. The van der Waals surface area contributed by atoms with E-state index in [9.17, 15) is 4.79 Å². The molecule has 100 valence electrons. The van der Waals surface area contributed by atoms with Gasteiger partial charge in [-0.15, -0.1) is 11.3 Å². The standard InChI is InChI=1S/C14H21NO2S/c1-10(2)15(7-4-8-16)14(17)13-9-11-5-3-6-12(11)18-13/h9-10,16H,3-8H2,1-2H3. The lowest BCUT2D eigenvalue weighted by Gasteiger charge is -2.26. The van der Waals surface area contributed by atoms with Crippen molar-refractivity contribution in [1.82, 2.24) is 4.90 Å². The summed E-state index contributed by atoms with van der Waals surface area (Å²) in [4.78, 5) is 16.6. The molecule has 1 heterocycles. The number of aliphatic hydroxyl groups is 1. The van der Waals surface area contributed by atoms with Crippen LogP contribution in [-0.4, -0.2) is 35.1 Å². The van der Waals surface area contributed by atoms with Crippen LogP contribution < -0.4 is 0 Å². The highest BCUT2D eigenvalue weighted by Crippen LogP contribution is 2.31. The van der Waals surface area contributed by atoms with E-state index in [2.05, 4.69) is 6.07 Å². The van der Waals surface area contributed by atoms with Crippen molar-refractivity contribution in [3.63, 3.8) is 0 Å². The molecular weight excluding hydrogens is 246 g/mol. The van der Waals surface area contributed by atoms with Crippen LogP contribution in [0.3, 0.4) is 0 Å². The van der Waals surface area contributed by atoms with E-state index in [1.165, 1.54) is 16.9 Å². The highest BCUT2D eigenvalue weighted by atomic mass is 32.1. The normalized spacial score (nSPS) is 14.0. The van der Waals surface area contributed by atoms with Crippen molar-refractivity contribution >= 4 is 17.2 Å². The van der Waals surface area contributed by atoms with Gasteiger partial charge in [0.05, 0.1) is 4.88 Å². The average Bonchev–Trinajstić information content (AvgIpc) is 2.88. The van der Waals surface area contributed by atoms with Gasteiger partial charge in [0.2, 0.25) is 0 Å². The van der Waals surface area contributed by atoms with Crippen LogP contribution >= 0.6 is 11.3 Å². The third kappa shape index (κ3) is 2.75. The first-order valence-corrected chi connectivity index (χ1v) is 7.48. The molecule has 4 heteroatoms. The van der Waals surface area contributed by atoms with E-state index >= 15 is 0 Å². The minimum absolute atomic E-state index is 0.123. The van der Waals surface area contributed by atoms with Crippen LogP contribution in [0.15, 0.2) is 6.07 Å². The van der Waals surface area contributed by atoms with E-state index in [0.717, 1.165) is 17.7 Å². The number of amides is 1. The first-order chi connectivity index (χ1) is 8.63.